The summed E-state index contributed by atoms with van der Waals surface area (Å²) >= 11 is 1.01. The topological polar surface area (TPSA) is 101 Å². The maximum atomic E-state index is 13.0. The summed E-state index contributed by atoms with van der Waals surface area (Å²) in [5.74, 6) is 0.397. The smallest absolute Gasteiger partial charge is 0.245 e. The molecule has 0 N–H and O–H groups in total. The average Bonchev–Trinajstić information content (AvgIpc) is 3.10. The van der Waals surface area contributed by atoms with Crippen molar-refractivity contribution in [1.82, 2.24) is 18.0 Å². The van der Waals surface area contributed by atoms with Gasteiger partial charge in [-0.15, -0.1) is 0 Å². The normalized spacial score (nSPS) is 23.4. The zero-order chi connectivity index (χ0) is 18.4. The maximum absolute atomic E-state index is 13.0. The lowest BCUT2D eigenvalue weighted by molar-refractivity contribution is 0.149. The largest absolute Gasteiger partial charge is 0.298 e. The van der Waals surface area contributed by atoms with Crippen molar-refractivity contribution in [2.24, 2.45) is 0 Å². The molecule has 2 aromatic rings. The van der Waals surface area contributed by atoms with Crippen molar-refractivity contribution < 1.29 is 16.8 Å². The molecule has 0 bridgehead atoms. The van der Waals surface area contributed by atoms with E-state index in [1.807, 2.05) is 0 Å². The highest BCUT2D eigenvalue weighted by Gasteiger charge is 2.34. The fourth-order valence-electron chi connectivity index (χ4n) is 3.67. The van der Waals surface area contributed by atoms with Crippen molar-refractivity contribution in [2.75, 3.05) is 37.7 Å². The predicted octanol–water partition coefficient (Wildman–Crippen LogP) is 0.575. The third kappa shape index (κ3) is 3.38. The Balaban J connectivity index is 1.47. The van der Waals surface area contributed by atoms with Gasteiger partial charge in [-0.1, -0.05) is 6.07 Å². The molecule has 2 aliphatic rings. The molecule has 1 aromatic heterocycles. The minimum absolute atomic E-state index is 0.199. The van der Waals surface area contributed by atoms with E-state index >= 15 is 0 Å². The van der Waals surface area contributed by atoms with E-state index in [1.54, 1.807) is 18.2 Å². The van der Waals surface area contributed by atoms with Crippen molar-refractivity contribution in [3.05, 3.63) is 18.2 Å². The van der Waals surface area contributed by atoms with Gasteiger partial charge in [0.2, 0.25) is 10.0 Å². The van der Waals surface area contributed by atoms with Gasteiger partial charge in [0.15, 0.2) is 9.84 Å². The minimum Gasteiger partial charge on any atom is -0.298 e. The van der Waals surface area contributed by atoms with Gasteiger partial charge in [-0.25, -0.2) is 16.8 Å². The summed E-state index contributed by atoms with van der Waals surface area (Å²) in [6, 6.07) is 5.28. The van der Waals surface area contributed by atoms with Gasteiger partial charge >= 0.3 is 0 Å². The first-order valence-corrected chi connectivity index (χ1v) is 12.5. The van der Waals surface area contributed by atoms with E-state index in [0.717, 1.165) is 11.7 Å². The van der Waals surface area contributed by atoms with E-state index in [0.29, 0.717) is 50.1 Å². The molecular formula is C15H20N4O4S3. The zero-order valence-electron chi connectivity index (χ0n) is 14.1. The van der Waals surface area contributed by atoms with Gasteiger partial charge in [0.05, 0.1) is 23.2 Å². The Morgan fingerprint density at radius 2 is 1.73 bits per heavy atom. The molecule has 2 aliphatic heterocycles. The number of nitrogens with zero attached hydrogens (tertiary/aromatic N) is 4. The van der Waals surface area contributed by atoms with Crippen LogP contribution in [0.3, 0.4) is 0 Å². The fourth-order valence-corrected chi connectivity index (χ4v) is 7.12. The summed E-state index contributed by atoms with van der Waals surface area (Å²) in [4.78, 5) is 2.40. The third-order valence-electron chi connectivity index (χ3n) is 5.19. The number of fused-ring (bicyclic) bond motifs is 1. The van der Waals surface area contributed by atoms with Crippen LogP contribution in [0.5, 0.6) is 0 Å². The first kappa shape index (κ1) is 18.2. The molecule has 3 heterocycles. The van der Waals surface area contributed by atoms with E-state index in [4.69, 9.17) is 0 Å². The molecule has 2 fully saturated rings. The Bertz CT molecular complexity index is 996. The molecule has 0 saturated carbocycles. The standard InChI is InChI=1S/C15H20N4O4S3/c20-25(21)10-8-18(9-11-25)12-4-6-19(7-5-12)26(22,23)14-3-1-2-13-15(14)17-24-16-13/h1-3,12H,4-11H2. The van der Waals surface area contributed by atoms with Crippen molar-refractivity contribution in [3.8, 4) is 0 Å². The molecule has 0 radical (unpaired) electrons. The molecule has 2 saturated heterocycles. The Morgan fingerprint density at radius 3 is 2.42 bits per heavy atom. The lowest BCUT2D eigenvalue weighted by Crippen LogP contribution is -2.51. The number of aromatic nitrogens is 2. The molecule has 0 unspecified atom stereocenters. The molecule has 1 aromatic carbocycles. The number of benzene rings is 1. The van der Waals surface area contributed by atoms with Crippen LogP contribution in [0.15, 0.2) is 23.1 Å². The summed E-state index contributed by atoms with van der Waals surface area (Å²) in [6.45, 7) is 1.96. The van der Waals surface area contributed by atoms with Crippen molar-refractivity contribution >= 4 is 42.6 Å². The van der Waals surface area contributed by atoms with Crippen molar-refractivity contribution in [2.45, 2.75) is 23.8 Å². The van der Waals surface area contributed by atoms with Crippen molar-refractivity contribution in [1.29, 1.82) is 0 Å². The quantitative estimate of drug-likeness (QED) is 0.721. The summed E-state index contributed by atoms with van der Waals surface area (Å²) in [6.07, 6.45) is 1.43. The highest BCUT2D eigenvalue weighted by atomic mass is 32.2. The van der Waals surface area contributed by atoms with Gasteiger partial charge in [0, 0.05) is 32.2 Å². The zero-order valence-corrected chi connectivity index (χ0v) is 16.6. The number of hydrogen-bond donors (Lipinski definition) is 0. The van der Waals surface area contributed by atoms with E-state index in [2.05, 4.69) is 13.6 Å². The van der Waals surface area contributed by atoms with Gasteiger partial charge < -0.3 is 0 Å². The van der Waals surface area contributed by atoms with E-state index in [1.165, 1.54) is 4.31 Å². The van der Waals surface area contributed by atoms with Crippen LogP contribution >= 0.6 is 11.7 Å². The Morgan fingerprint density at radius 1 is 1.04 bits per heavy atom. The van der Waals surface area contributed by atoms with E-state index < -0.39 is 19.9 Å². The van der Waals surface area contributed by atoms with Gasteiger partial charge in [0.25, 0.3) is 0 Å². The van der Waals surface area contributed by atoms with Crippen LogP contribution in [0.1, 0.15) is 12.8 Å². The molecule has 26 heavy (non-hydrogen) atoms. The van der Waals surface area contributed by atoms with Crippen LogP contribution in [0.25, 0.3) is 11.0 Å². The average molecular weight is 417 g/mol. The van der Waals surface area contributed by atoms with Gasteiger partial charge in [-0.2, -0.15) is 13.1 Å². The molecule has 142 valence electrons. The first-order valence-electron chi connectivity index (χ1n) is 8.53. The third-order valence-corrected chi connectivity index (χ3v) is 9.27. The second-order valence-corrected chi connectivity index (χ2v) is 11.4. The van der Waals surface area contributed by atoms with Gasteiger partial charge in [-0.3, -0.25) is 4.90 Å². The van der Waals surface area contributed by atoms with Crippen LogP contribution in [0.2, 0.25) is 0 Å². The predicted molar refractivity (Wildman–Crippen MR) is 99.4 cm³/mol. The number of piperidine rings is 1. The fraction of sp³-hybridized carbons (Fsp3) is 0.600. The SMILES string of the molecule is O=S1(=O)CCN(C2CCN(S(=O)(=O)c3cccc4nsnc34)CC2)CC1. The molecule has 0 atom stereocenters. The molecule has 11 heteroatoms. The number of hydrogen-bond acceptors (Lipinski definition) is 8. The highest BCUT2D eigenvalue weighted by molar-refractivity contribution is 7.91. The summed E-state index contributed by atoms with van der Waals surface area (Å²) in [5, 5.41) is 0. The lowest BCUT2D eigenvalue weighted by atomic mass is 10.0. The maximum Gasteiger partial charge on any atom is 0.245 e. The highest BCUT2D eigenvalue weighted by Crippen LogP contribution is 2.28. The molecule has 4 rings (SSSR count). The summed E-state index contributed by atoms with van der Waals surface area (Å²) < 4.78 is 59.0. The second kappa shape index (κ2) is 6.79. The van der Waals surface area contributed by atoms with E-state index in [-0.39, 0.29) is 22.4 Å². The Labute approximate surface area is 157 Å². The van der Waals surface area contributed by atoms with Crippen LogP contribution in [-0.4, -0.2) is 78.5 Å². The molecular weight excluding hydrogens is 396 g/mol. The minimum atomic E-state index is -3.61. The molecule has 0 amide bonds. The number of sulfonamides is 1. The van der Waals surface area contributed by atoms with E-state index in [9.17, 15) is 16.8 Å². The Hall–Kier alpha value is -1.14. The first-order chi connectivity index (χ1) is 12.4. The van der Waals surface area contributed by atoms with Crippen molar-refractivity contribution in [3.63, 3.8) is 0 Å². The second-order valence-electron chi connectivity index (χ2n) is 6.71. The summed E-state index contributed by atoms with van der Waals surface area (Å²) in [7, 11) is -6.51. The van der Waals surface area contributed by atoms with Crippen LogP contribution in [-0.2, 0) is 19.9 Å². The molecule has 8 nitrogen and oxygen atoms in total. The monoisotopic (exact) mass is 416 g/mol. The Kier molecular flexibility index (Phi) is 4.76. The van der Waals surface area contributed by atoms with Crippen LogP contribution in [0.4, 0.5) is 0 Å². The van der Waals surface area contributed by atoms with Crippen LogP contribution < -0.4 is 0 Å². The number of sulfone groups is 1. The summed E-state index contributed by atoms with van der Waals surface area (Å²) in [5.41, 5.74) is 1.03. The lowest BCUT2D eigenvalue weighted by Gasteiger charge is -2.39. The number of rotatable bonds is 3. The molecule has 0 aliphatic carbocycles. The van der Waals surface area contributed by atoms with Gasteiger partial charge in [0.1, 0.15) is 15.9 Å². The molecule has 0 spiro atoms. The van der Waals surface area contributed by atoms with Gasteiger partial charge in [-0.05, 0) is 25.0 Å². The van der Waals surface area contributed by atoms with Crippen LogP contribution in [0, 0.1) is 0 Å².